The van der Waals surface area contributed by atoms with Crippen molar-refractivity contribution in [2.45, 2.75) is 176 Å². The van der Waals surface area contributed by atoms with Gasteiger partial charge in [0.15, 0.2) is 5.79 Å². The van der Waals surface area contributed by atoms with Gasteiger partial charge in [0.2, 0.25) is 5.91 Å². The zero-order valence-corrected chi connectivity index (χ0v) is 35.6. The molecule has 3 heterocycles. The molecule has 1 spiro atoms. The predicted octanol–water partition coefficient (Wildman–Crippen LogP) is 7.63. The first kappa shape index (κ1) is 46.5. The molecule has 310 valence electrons. The molecule has 3 aliphatic heterocycles. The minimum Gasteiger partial charge on any atom is -0.393 e. The van der Waals surface area contributed by atoms with Crippen LogP contribution in [0.15, 0.2) is 48.1 Å². The molecule has 0 saturated carbocycles. The van der Waals surface area contributed by atoms with E-state index in [-0.39, 0.29) is 59.0 Å². The summed E-state index contributed by atoms with van der Waals surface area (Å²) in [5.74, 6) is -0.884. The van der Waals surface area contributed by atoms with Crippen LogP contribution in [0, 0.1) is 46.8 Å². The van der Waals surface area contributed by atoms with E-state index in [1.807, 2.05) is 78.8 Å². The lowest BCUT2D eigenvalue weighted by molar-refractivity contribution is -0.291. The number of carbonyl (C=O) groups is 1. The molecule has 0 aromatic carbocycles. The number of amides is 1. The lowest BCUT2D eigenvalue weighted by Gasteiger charge is -2.56. The van der Waals surface area contributed by atoms with Gasteiger partial charge in [-0.1, -0.05) is 105 Å². The largest absolute Gasteiger partial charge is 0.393 e. The summed E-state index contributed by atoms with van der Waals surface area (Å²) in [6.45, 7) is 22.7. The first-order valence-corrected chi connectivity index (χ1v) is 20.8. The number of methoxy groups -OCH3 is 1. The fraction of sp³-hybridized carbons (Fsp3) is 0.800. The second-order valence-electron chi connectivity index (χ2n) is 18.4. The third kappa shape index (κ3) is 11.6. The van der Waals surface area contributed by atoms with Gasteiger partial charge in [-0.15, -0.1) is 0 Å². The number of allylic oxidation sites excluding steroid dienone is 5. The van der Waals surface area contributed by atoms with Crippen molar-refractivity contribution in [2.24, 2.45) is 46.8 Å². The minimum absolute atomic E-state index is 0.0109. The SMILES string of the molecule is CCC1CC(C)C2(NC1=O)OC(CC(O)C(C)CC/C=C/C=C(\C)C(O)C/C=C/C=C/C(O)C(C)C1OC(C)(OC)CCC1C(C)(C)C)C(C)C(O)C2C. The van der Waals surface area contributed by atoms with E-state index in [1.165, 1.54) is 0 Å². The fourth-order valence-corrected chi connectivity index (χ4v) is 8.87. The van der Waals surface area contributed by atoms with Crippen molar-refractivity contribution in [1.82, 2.24) is 5.32 Å². The highest BCUT2D eigenvalue weighted by Gasteiger charge is 2.57. The van der Waals surface area contributed by atoms with E-state index >= 15 is 0 Å². The third-order valence-corrected chi connectivity index (χ3v) is 13.4. The van der Waals surface area contributed by atoms with Gasteiger partial charge in [0, 0.05) is 49.5 Å². The Morgan fingerprint density at radius 2 is 1.76 bits per heavy atom. The van der Waals surface area contributed by atoms with Crippen molar-refractivity contribution in [2.75, 3.05) is 7.11 Å². The number of carbonyl (C=O) groups excluding carboxylic acids is 1. The second kappa shape index (κ2) is 20.0. The number of piperidine rings is 1. The van der Waals surface area contributed by atoms with Crippen LogP contribution in [0.25, 0.3) is 0 Å². The van der Waals surface area contributed by atoms with Crippen molar-refractivity contribution >= 4 is 5.91 Å². The molecule has 0 radical (unpaired) electrons. The molecular formula is C45H77NO8. The summed E-state index contributed by atoms with van der Waals surface area (Å²) in [4.78, 5) is 12.9. The molecule has 3 aliphatic rings. The van der Waals surface area contributed by atoms with Crippen LogP contribution in [0.2, 0.25) is 0 Å². The molecule has 3 fully saturated rings. The van der Waals surface area contributed by atoms with Crippen LogP contribution in [-0.4, -0.2) is 81.6 Å². The van der Waals surface area contributed by atoms with Gasteiger partial charge in [-0.2, -0.15) is 0 Å². The lowest BCUT2D eigenvalue weighted by Crippen LogP contribution is -2.71. The zero-order chi connectivity index (χ0) is 40.6. The predicted molar refractivity (Wildman–Crippen MR) is 216 cm³/mol. The quantitative estimate of drug-likeness (QED) is 0.101. The monoisotopic (exact) mass is 760 g/mol. The highest BCUT2D eigenvalue weighted by Crippen LogP contribution is 2.47. The molecule has 0 bridgehead atoms. The van der Waals surface area contributed by atoms with Gasteiger partial charge < -0.3 is 40.0 Å². The summed E-state index contributed by atoms with van der Waals surface area (Å²) in [5, 5.41) is 47.3. The maximum Gasteiger partial charge on any atom is 0.225 e. The summed E-state index contributed by atoms with van der Waals surface area (Å²) < 4.78 is 18.8. The van der Waals surface area contributed by atoms with E-state index in [0.717, 1.165) is 44.1 Å². The normalized spacial score (nSPS) is 37.2. The standard InChI is InChI=1S/C45H77NO8/c1-13-34-26-30(4)45(46-42(34)51)33(7)40(50)32(6)39(53-45)27-38(49)29(3)21-17-14-16-20-28(2)36(47)22-18-15-19-23-37(48)31(5)41-35(43(8,9)10)24-25-44(11,52-12)54-41/h14-16,18-20,23,29-41,47-50H,13,17,21-22,24-27H2,1-12H3,(H,46,51)/b16-14+,18-15+,23-19+,28-20+. The Kier molecular flexibility index (Phi) is 17.3. The van der Waals surface area contributed by atoms with E-state index in [9.17, 15) is 25.2 Å². The summed E-state index contributed by atoms with van der Waals surface area (Å²) in [6, 6.07) is 0. The number of hydrogen-bond acceptors (Lipinski definition) is 8. The van der Waals surface area contributed by atoms with E-state index in [4.69, 9.17) is 14.2 Å². The first-order chi connectivity index (χ1) is 25.2. The summed E-state index contributed by atoms with van der Waals surface area (Å²) in [5.41, 5.74) is -0.0325. The second-order valence-corrected chi connectivity index (χ2v) is 18.4. The third-order valence-electron chi connectivity index (χ3n) is 13.4. The van der Waals surface area contributed by atoms with Gasteiger partial charge in [-0.05, 0) is 75.2 Å². The van der Waals surface area contributed by atoms with Gasteiger partial charge >= 0.3 is 0 Å². The summed E-state index contributed by atoms with van der Waals surface area (Å²) in [6.07, 6.45) is 16.0. The molecule has 15 unspecified atom stereocenters. The van der Waals surface area contributed by atoms with Crippen molar-refractivity contribution in [3.63, 3.8) is 0 Å². The van der Waals surface area contributed by atoms with Crippen LogP contribution in [0.5, 0.6) is 0 Å². The maximum absolute atomic E-state index is 12.9. The molecule has 0 aliphatic carbocycles. The Hall–Kier alpha value is -1.85. The number of nitrogens with one attached hydrogen (secondary N) is 1. The van der Waals surface area contributed by atoms with Gasteiger partial charge in [0.25, 0.3) is 0 Å². The average molecular weight is 760 g/mol. The highest BCUT2D eigenvalue weighted by atomic mass is 16.7. The molecule has 0 aromatic rings. The van der Waals surface area contributed by atoms with Crippen molar-refractivity contribution < 1.29 is 39.4 Å². The fourth-order valence-electron chi connectivity index (χ4n) is 8.87. The van der Waals surface area contributed by atoms with E-state index < -0.39 is 35.9 Å². The minimum atomic E-state index is -0.929. The molecule has 1 amide bonds. The summed E-state index contributed by atoms with van der Waals surface area (Å²) >= 11 is 0. The molecule has 9 nitrogen and oxygen atoms in total. The molecule has 3 rings (SSSR count). The van der Waals surface area contributed by atoms with Crippen LogP contribution in [0.3, 0.4) is 0 Å². The van der Waals surface area contributed by atoms with Crippen molar-refractivity contribution in [3.8, 4) is 0 Å². The Morgan fingerprint density at radius 3 is 2.39 bits per heavy atom. The maximum atomic E-state index is 12.9. The number of hydrogen-bond donors (Lipinski definition) is 5. The highest BCUT2D eigenvalue weighted by molar-refractivity contribution is 5.80. The molecule has 54 heavy (non-hydrogen) atoms. The lowest BCUT2D eigenvalue weighted by atomic mass is 9.69. The van der Waals surface area contributed by atoms with Gasteiger partial charge in [-0.3, -0.25) is 4.79 Å². The molecule has 3 saturated heterocycles. The Balaban J connectivity index is 1.45. The Bertz CT molecular complexity index is 1300. The molecule has 5 N–H and O–H groups in total. The number of ether oxygens (including phenoxy) is 3. The van der Waals surface area contributed by atoms with Crippen LogP contribution in [-0.2, 0) is 19.0 Å². The number of aliphatic hydroxyl groups excluding tert-OH is 4. The molecule has 15 atom stereocenters. The Morgan fingerprint density at radius 1 is 1.07 bits per heavy atom. The number of rotatable bonds is 16. The average Bonchev–Trinajstić information content (AvgIpc) is 3.12. The van der Waals surface area contributed by atoms with E-state index in [1.54, 1.807) is 13.2 Å². The van der Waals surface area contributed by atoms with Crippen molar-refractivity contribution in [1.29, 1.82) is 0 Å². The molecular weight excluding hydrogens is 682 g/mol. The van der Waals surface area contributed by atoms with E-state index in [0.29, 0.717) is 18.8 Å². The topological polar surface area (TPSA) is 138 Å². The first-order valence-electron chi connectivity index (χ1n) is 20.8. The smallest absolute Gasteiger partial charge is 0.225 e. The van der Waals surface area contributed by atoms with Crippen LogP contribution >= 0.6 is 0 Å². The van der Waals surface area contributed by atoms with Crippen LogP contribution in [0.4, 0.5) is 0 Å². The van der Waals surface area contributed by atoms with Crippen molar-refractivity contribution in [3.05, 3.63) is 48.1 Å². The van der Waals surface area contributed by atoms with Gasteiger partial charge in [0.1, 0.15) is 5.72 Å². The molecule has 9 heteroatoms. The zero-order valence-electron chi connectivity index (χ0n) is 35.6. The van der Waals surface area contributed by atoms with Crippen LogP contribution in [0.1, 0.15) is 128 Å². The number of aliphatic hydroxyl groups is 4. The van der Waals surface area contributed by atoms with Gasteiger partial charge in [0.05, 0.1) is 36.6 Å². The van der Waals surface area contributed by atoms with Crippen LogP contribution < -0.4 is 5.32 Å². The van der Waals surface area contributed by atoms with Gasteiger partial charge in [-0.25, -0.2) is 0 Å². The summed E-state index contributed by atoms with van der Waals surface area (Å²) in [7, 11) is 1.68. The molecule has 0 aromatic heterocycles. The Labute approximate surface area is 327 Å². The van der Waals surface area contributed by atoms with E-state index in [2.05, 4.69) is 39.1 Å².